The van der Waals surface area contributed by atoms with Gasteiger partial charge >= 0.3 is 0 Å². The minimum absolute atomic E-state index is 0.0578. The standard InChI is InChI=1S/C15H14Cl2O3S/c1-10-3-4-12(14(16)7-10)9-20-15-6-5-13(8-11(15)2)21(17,18)19/h3-8H,9H2,1-2H3. The molecule has 0 spiro atoms. The third-order valence-corrected chi connectivity index (χ3v) is 4.72. The van der Waals surface area contributed by atoms with E-state index in [2.05, 4.69) is 0 Å². The minimum atomic E-state index is -3.73. The van der Waals surface area contributed by atoms with Gasteiger partial charge in [0.25, 0.3) is 9.05 Å². The lowest BCUT2D eigenvalue weighted by atomic mass is 10.1. The molecule has 0 fully saturated rings. The SMILES string of the molecule is Cc1ccc(COc2ccc(S(=O)(=O)Cl)cc2C)c(Cl)c1. The van der Waals surface area contributed by atoms with Gasteiger partial charge in [-0.15, -0.1) is 0 Å². The van der Waals surface area contributed by atoms with Crippen molar-refractivity contribution in [2.24, 2.45) is 0 Å². The molecular formula is C15H14Cl2O3S. The number of halogens is 2. The van der Waals surface area contributed by atoms with Crippen LogP contribution in [0.3, 0.4) is 0 Å². The van der Waals surface area contributed by atoms with E-state index in [-0.39, 0.29) is 4.90 Å². The van der Waals surface area contributed by atoms with Crippen LogP contribution in [0.15, 0.2) is 41.3 Å². The Bertz CT molecular complexity index is 770. The molecule has 2 rings (SSSR count). The highest BCUT2D eigenvalue weighted by molar-refractivity contribution is 8.13. The van der Waals surface area contributed by atoms with Gasteiger partial charge in [0.15, 0.2) is 0 Å². The molecule has 0 aromatic heterocycles. The molecule has 0 bridgehead atoms. The lowest BCUT2D eigenvalue weighted by molar-refractivity contribution is 0.304. The summed E-state index contributed by atoms with van der Waals surface area (Å²) in [7, 11) is 1.58. The first-order valence-electron chi connectivity index (χ1n) is 6.20. The van der Waals surface area contributed by atoms with Gasteiger partial charge in [-0.25, -0.2) is 8.42 Å². The van der Waals surface area contributed by atoms with Crippen LogP contribution in [0.2, 0.25) is 5.02 Å². The summed E-state index contributed by atoms with van der Waals surface area (Å²) in [6.07, 6.45) is 0. The Labute approximate surface area is 133 Å². The van der Waals surface area contributed by atoms with Gasteiger partial charge in [0, 0.05) is 21.3 Å². The Kier molecular flexibility index (Phi) is 4.81. The summed E-state index contributed by atoms with van der Waals surface area (Å²) in [5, 5.41) is 0.646. The van der Waals surface area contributed by atoms with Gasteiger partial charge in [0.05, 0.1) is 4.90 Å². The Morgan fingerprint density at radius 1 is 1.10 bits per heavy atom. The summed E-state index contributed by atoms with van der Waals surface area (Å²) >= 11 is 6.14. The molecule has 0 radical (unpaired) electrons. The second-order valence-corrected chi connectivity index (χ2v) is 7.72. The fourth-order valence-electron chi connectivity index (χ4n) is 1.86. The molecule has 2 aromatic carbocycles. The van der Waals surface area contributed by atoms with Gasteiger partial charge in [-0.05, 0) is 49.2 Å². The minimum Gasteiger partial charge on any atom is -0.489 e. The molecular weight excluding hydrogens is 331 g/mol. The van der Waals surface area contributed by atoms with E-state index < -0.39 is 9.05 Å². The third kappa shape index (κ3) is 4.13. The molecule has 0 aliphatic carbocycles. The van der Waals surface area contributed by atoms with Crippen LogP contribution in [0.4, 0.5) is 0 Å². The van der Waals surface area contributed by atoms with Gasteiger partial charge in [0.2, 0.25) is 0 Å². The molecule has 0 saturated heterocycles. The molecule has 0 heterocycles. The van der Waals surface area contributed by atoms with Crippen molar-refractivity contribution in [1.82, 2.24) is 0 Å². The Hall–Kier alpha value is -1.23. The summed E-state index contributed by atoms with van der Waals surface area (Å²) in [5.74, 6) is 0.593. The fraction of sp³-hybridized carbons (Fsp3) is 0.200. The number of benzene rings is 2. The van der Waals surface area contributed by atoms with Gasteiger partial charge in [-0.2, -0.15) is 0 Å². The van der Waals surface area contributed by atoms with Crippen molar-refractivity contribution in [3.63, 3.8) is 0 Å². The number of rotatable bonds is 4. The van der Waals surface area contributed by atoms with Gasteiger partial charge in [0.1, 0.15) is 12.4 Å². The van der Waals surface area contributed by atoms with Gasteiger partial charge < -0.3 is 4.74 Å². The first-order valence-corrected chi connectivity index (χ1v) is 8.89. The summed E-state index contributed by atoms with van der Waals surface area (Å²) in [5.41, 5.74) is 2.65. The van der Waals surface area contributed by atoms with E-state index >= 15 is 0 Å². The zero-order chi connectivity index (χ0) is 15.6. The van der Waals surface area contributed by atoms with E-state index in [1.165, 1.54) is 12.1 Å². The van der Waals surface area contributed by atoms with Crippen LogP contribution in [-0.2, 0) is 15.7 Å². The largest absolute Gasteiger partial charge is 0.489 e. The second-order valence-electron chi connectivity index (χ2n) is 4.75. The highest BCUT2D eigenvalue weighted by Gasteiger charge is 2.12. The number of aryl methyl sites for hydroxylation is 2. The molecule has 0 atom stereocenters. The molecule has 112 valence electrons. The van der Waals surface area contributed by atoms with E-state index in [4.69, 9.17) is 27.0 Å². The number of hydrogen-bond donors (Lipinski definition) is 0. The molecule has 0 amide bonds. The van der Waals surface area contributed by atoms with Gasteiger partial charge in [-0.3, -0.25) is 0 Å². The summed E-state index contributed by atoms with van der Waals surface area (Å²) in [6, 6.07) is 10.2. The Balaban J connectivity index is 2.17. The van der Waals surface area contributed by atoms with E-state index in [1.54, 1.807) is 13.0 Å². The van der Waals surface area contributed by atoms with Crippen LogP contribution in [-0.4, -0.2) is 8.42 Å². The lowest BCUT2D eigenvalue weighted by Crippen LogP contribution is -1.99. The van der Waals surface area contributed by atoms with Crippen molar-refractivity contribution < 1.29 is 13.2 Å². The highest BCUT2D eigenvalue weighted by Crippen LogP contribution is 2.26. The Morgan fingerprint density at radius 2 is 1.81 bits per heavy atom. The normalized spacial score (nSPS) is 11.4. The van der Waals surface area contributed by atoms with Crippen LogP contribution in [0.1, 0.15) is 16.7 Å². The molecule has 21 heavy (non-hydrogen) atoms. The fourth-order valence-corrected chi connectivity index (χ4v) is 2.99. The lowest BCUT2D eigenvalue weighted by Gasteiger charge is -2.11. The molecule has 6 heteroatoms. The first-order chi connectivity index (χ1) is 9.77. The average Bonchev–Trinajstić information content (AvgIpc) is 2.38. The number of ether oxygens (including phenoxy) is 1. The predicted octanol–water partition coefficient (Wildman–Crippen LogP) is 4.46. The van der Waals surface area contributed by atoms with Crippen LogP contribution >= 0.6 is 22.3 Å². The molecule has 3 nitrogen and oxygen atoms in total. The quantitative estimate of drug-likeness (QED) is 0.768. The van der Waals surface area contributed by atoms with Crippen molar-refractivity contribution in [3.05, 3.63) is 58.1 Å². The van der Waals surface area contributed by atoms with Gasteiger partial charge in [-0.1, -0.05) is 23.7 Å². The zero-order valence-corrected chi connectivity index (χ0v) is 13.9. The van der Waals surface area contributed by atoms with E-state index in [0.29, 0.717) is 22.9 Å². The maximum absolute atomic E-state index is 11.3. The smallest absolute Gasteiger partial charge is 0.261 e. The predicted molar refractivity (Wildman–Crippen MR) is 84.7 cm³/mol. The summed E-state index contributed by atoms with van der Waals surface area (Å²) < 4.78 is 28.2. The average molecular weight is 345 g/mol. The molecule has 0 aliphatic rings. The van der Waals surface area contributed by atoms with Crippen molar-refractivity contribution >= 4 is 31.3 Å². The van der Waals surface area contributed by atoms with Crippen molar-refractivity contribution in [2.75, 3.05) is 0 Å². The van der Waals surface area contributed by atoms with E-state index in [0.717, 1.165) is 11.1 Å². The number of hydrogen-bond acceptors (Lipinski definition) is 3. The van der Waals surface area contributed by atoms with Crippen LogP contribution < -0.4 is 4.74 Å². The molecule has 2 aromatic rings. The third-order valence-electron chi connectivity index (χ3n) is 3.02. The molecule has 0 N–H and O–H groups in total. The van der Waals surface area contributed by atoms with Crippen molar-refractivity contribution in [3.8, 4) is 5.75 Å². The first kappa shape index (κ1) is 16.1. The second kappa shape index (κ2) is 6.26. The van der Waals surface area contributed by atoms with Crippen molar-refractivity contribution in [2.45, 2.75) is 25.3 Å². The topological polar surface area (TPSA) is 43.4 Å². The zero-order valence-electron chi connectivity index (χ0n) is 11.6. The van der Waals surface area contributed by atoms with Crippen LogP contribution in [0.25, 0.3) is 0 Å². The molecule has 0 unspecified atom stereocenters. The van der Waals surface area contributed by atoms with Crippen LogP contribution in [0.5, 0.6) is 5.75 Å². The Morgan fingerprint density at radius 3 is 2.38 bits per heavy atom. The van der Waals surface area contributed by atoms with Crippen molar-refractivity contribution in [1.29, 1.82) is 0 Å². The monoisotopic (exact) mass is 344 g/mol. The molecule has 0 saturated carbocycles. The molecule has 0 aliphatic heterocycles. The highest BCUT2D eigenvalue weighted by atomic mass is 35.7. The maximum atomic E-state index is 11.3. The van der Waals surface area contributed by atoms with E-state index in [9.17, 15) is 8.42 Å². The maximum Gasteiger partial charge on any atom is 0.261 e. The van der Waals surface area contributed by atoms with Crippen LogP contribution in [0, 0.1) is 13.8 Å². The summed E-state index contributed by atoms with van der Waals surface area (Å²) in [6.45, 7) is 4.04. The summed E-state index contributed by atoms with van der Waals surface area (Å²) in [4.78, 5) is 0.0578. The van der Waals surface area contributed by atoms with E-state index in [1.807, 2.05) is 25.1 Å².